The van der Waals surface area contributed by atoms with Crippen LogP contribution in [0, 0.1) is 0 Å². The van der Waals surface area contributed by atoms with Gasteiger partial charge in [0.2, 0.25) is 0 Å². The predicted octanol–water partition coefficient (Wildman–Crippen LogP) is 3.52. The van der Waals surface area contributed by atoms with Gasteiger partial charge < -0.3 is 10.0 Å². The zero-order chi connectivity index (χ0) is 12.8. The molecule has 0 spiro atoms. The lowest BCUT2D eigenvalue weighted by molar-refractivity contribution is 0.433. The van der Waals surface area contributed by atoms with Gasteiger partial charge in [0, 0.05) is 25.2 Å². The first-order chi connectivity index (χ1) is 8.08. The monoisotopic (exact) mass is 258 g/mol. The highest BCUT2D eigenvalue weighted by Crippen LogP contribution is 2.32. The normalized spacial score (nSPS) is 11.1. The van der Waals surface area contributed by atoms with Crippen molar-refractivity contribution in [2.45, 2.75) is 20.0 Å². The van der Waals surface area contributed by atoms with Crippen molar-refractivity contribution in [1.29, 1.82) is 0 Å². The average molecular weight is 259 g/mol. The number of aromatic hydroxyl groups is 1. The van der Waals surface area contributed by atoms with Gasteiger partial charge in [0.05, 0.1) is 17.0 Å². The minimum atomic E-state index is -0.740. The van der Waals surface area contributed by atoms with E-state index < -0.39 is 6.67 Å². The molecule has 1 aromatic carbocycles. The van der Waals surface area contributed by atoms with Crippen LogP contribution < -0.4 is 0 Å². The van der Waals surface area contributed by atoms with Gasteiger partial charge in [-0.15, -0.1) is 0 Å². The van der Waals surface area contributed by atoms with Crippen LogP contribution in [0.5, 0.6) is 5.75 Å². The molecule has 0 saturated heterocycles. The molecule has 0 heterocycles. The number of alkyl halides is 1. The number of hydrogen-bond acceptors (Lipinski definition) is 2. The van der Waals surface area contributed by atoms with E-state index in [9.17, 15) is 9.50 Å². The molecule has 0 aliphatic heterocycles. The van der Waals surface area contributed by atoms with E-state index in [1.54, 1.807) is 6.34 Å². The van der Waals surface area contributed by atoms with Crippen molar-refractivity contribution in [3.8, 4) is 5.75 Å². The van der Waals surface area contributed by atoms with Crippen LogP contribution >= 0.6 is 11.6 Å². The van der Waals surface area contributed by atoms with Gasteiger partial charge >= 0.3 is 0 Å². The minimum Gasteiger partial charge on any atom is -0.508 e. The number of phenols is 1. The summed E-state index contributed by atoms with van der Waals surface area (Å²) in [5.74, 6) is -0.140. The van der Waals surface area contributed by atoms with E-state index in [0.29, 0.717) is 10.7 Å². The summed E-state index contributed by atoms with van der Waals surface area (Å²) in [5.41, 5.74) is 0.653. The van der Waals surface area contributed by atoms with Crippen LogP contribution in [0.25, 0.3) is 0 Å². The highest BCUT2D eigenvalue weighted by Gasteiger charge is 2.06. The Morgan fingerprint density at radius 1 is 1.53 bits per heavy atom. The van der Waals surface area contributed by atoms with Crippen LogP contribution in [0.15, 0.2) is 17.1 Å². The smallest absolute Gasteiger partial charge is 0.123 e. The molecule has 0 aromatic heterocycles. The molecule has 1 rings (SSSR count). The molecule has 5 heteroatoms. The fourth-order valence-corrected chi connectivity index (χ4v) is 1.58. The Labute approximate surface area is 106 Å². The zero-order valence-corrected chi connectivity index (χ0v) is 10.7. The minimum absolute atomic E-state index is 0.140. The number of benzene rings is 1. The highest BCUT2D eigenvalue weighted by atomic mass is 35.5. The summed E-state index contributed by atoms with van der Waals surface area (Å²) in [6.45, 7) is 2.21. The number of nitrogens with zero attached hydrogens (tertiary/aromatic N) is 2. The third kappa shape index (κ3) is 3.89. The van der Waals surface area contributed by atoms with Crippen molar-refractivity contribution >= 4 is 23.6 Å². The summed E-state index contributed by atoms with van der Waals surface area (Å²) in [4.78, 5) is 6.08. The molecule has 0 unspecified atom stereocenters. The molecule has 3 nitrogen and oxygen atoms in total. The van der Waals surface area contributed by atoms with E-state index in [0.717, 1.165) is 13.0 Å². The Balaban J connectivity index is 2.90. The number of phenolic OH excluding ortho intramolecular Hbond substituents is 1. The molecule has 1 aromatic rings. The molecule has 94 valence electrons. The lowest BCUT2D eigenvalue weighted by Gasteiger charge is -2.11. The van der Waals surface area contributed by atoms with Crippen molar-refractivity contribution < 1.29 is 9.50 Å². The van der Waals surface area contributed by atoms with Gasteiger partial charge in [-0.2, -0.15) is 0 Å². The van der Waals surface area contributed by atoms with E-state index in [2.05, 4.69) is 11.9 Å². The molecular weight excluding hydrogens is 243 g/mol. The number of aliphatic imine (C=N–C) groups is 1. The topological polar surface area (TPSA) is 35.8 Å². The van der Waals surface area contributed by atoms with Gasteiger partial charge in [-0.1, -0.05) is 18.5 Å². The fraction of sp³-hybridized carbons (Fsp3) is 0.417. The standard InChI is InChI=1S/C12H16ClFN2O/c1-3-4-16(2)8-15-11-5-9(7-14)12(17)6-10(11)13/h5-6,8,17H,3-4,7H2,1-2H3. The van der Waals surface area contributed by atoms with E-state index >= 15 is 0 Å². The van der Waals surface area contributed by atoms with Gasteiger partial charge in [-0.05, 0) is 12.5 Å². The maximum Gasteiger partial charge on any atom is 0.123 e. The van der Waals surface area contributed by atoms with Crippen LogP contribution in [-0.4, -0.2) is 29.9 Å². The van der Waals surface area contributed by atoms with E-state index in [1.165, 1.54) is 12.1 Å². The van der Waals surface area contributed by atoms with Gasteiger partial charge in [0.15, 0.2) is 0 Å². The van der Waals surface area contributed by atoms with Crippen LogP contribution in [-0.2, 0) is 6.67 Å². The molecule has 1 N–H and O–H groups in total. The summed E-state index contributed by atoms with van der Waals surface area (Å²) >= 11 is 5.90. The summed E-state index contributed by atoms with van der Waals surface area (Å²) in [6.07, 6.45) is 2.66. The van der Waals surface area contributed by atoms with Crippen molar-refractivity contribution in [3.05, 3.63) is 22.7 Å². The lowest BCUT2D eigenvalue weighted by Crippen LogP contribution is -2.16. The first-order valence-corrected chi connectivity index (χ1v) is 5.78. The quantitative estimate of drug-likeness (QED) is 0.648. The second-order valence-electron chi connectivity index (χ2n) is 3.79. The van der Waals surface area contributed by atoms with Crippen molar-refractivity contribution in [1.82, 2.24) is 4.90 Å². The number of hydrogen-bond donors (Lipinski definition) is 1. The zero-order valence-electron chi connectivity index (χ0n) is 9.95. The molecule has 0 bridgehead atoms. The molecule has 17 heavy (non-hydrogen) atoms. The van der Waals surface area contributed by atoms with Gasteiger partial charge in [0.25, 0.3) is 0 Å². The summed E-state index contributed by atoms with van der Waals surface area (Å²) in [6, 6.07) is 2.76. The molecule has 0 aliphatic rings. The van der Waals surface area contributed by atoms with E-state index in [4.69, 9.17) is 11.6 Å². The SMILES string of the molecule is CCCN(C)C=Nc1cc(CF)c(O)cc1Cl. The van der Waals surface area contributed by atoms with E-state index in [-0.39, 0.29) is 11.3 Å². The average Bonchev–Trinajstić information content (AvgIpc) is 2.28. The lowest BCUT2D eigenvalue weighted by atomic mass is 10.2. The largest absolute Gasteiger partial charge is 0.508 e. The summed E-state index contributed by atoms with van der Waals surface area (Å²) < 4.78 is 12.6. The van der Waals surface area contributed by atoms with Crippen molar-refractivity contribution in [2.75, 3.05) is 13.6 Å². The number of rotatable bonds is 5. The van der Waals surface area contributed by atoms with Gasteiger partial charge in [-0.3, -0.25) is 0 Å². The van der Waals surface area contributed by atoms with Crippen molar-refractivity contribution in [2.24, 2.45) is 4.99 Å². The third-order valence-corrected chi connectivity index (χ3v) is 2.57. The third-order valence-electron chi connectivity index (χ3n) is 2.26. The molecule has 0 fully saturated rings. The number of halogens is 2. The summed E-state index contributed by atoms with van der Waals surface area (Å²) in [7, 11) is 1.90. The van der Waals surface area contributed by atoms with Gasteiger partial charge in [0.1, 0.15) is 12.4 Å². The fourth-order valence-electron chi connectivity index (χ4n) is 1.37. The first-order valence-electron chi connectivity index (χ1n) is 5.40. The molecule has 0 atom stereocenters. The van der Waals surface area contributed by atoms with E-state index in [1.807, 2.05) is 11.9 Å². The van der Waals surface area contributed by atoms with Crippen LogP contribution in [0.3, 0.4) is 0 Å². The maximum atomic E-state index is 12.6. The molecule has 0 radical (unpaired) electrons. The molecular formula is C12H16ClFN2O. The maximum absolute atomic E-state index is 12.6. The second kappa shape index (κ2) is 6.45. The Morgan fingerprint density at radius 2 is 2.24 bits per heavy atom. The molecule has 0 aliphatic carbocycles. The molecule has 0 amide bonds. The predicted molar refractivity (Wildman–Crippen MR) is 69.0 cm³/mol. The van der Waals surface area contributed by atoms with Crippen LogP contribution in [0.4, 0.5) is 10.1 Å². The Hall–Kier alpha value is -1.29. The highest BCUT2D eigenvalue weighted by molar-refractivity contribution is 6.33. The van der Waals surface area contributed by atoms with Gasteiger partial charge in [-0.25, -0.2) is 9.38 Å². The second-order valence-corrected chi connectivity index (χ2v) is 4.20. The first kappa shape index (κ1) is 13.8. The Bertz CT molecular complexity index is 410. The molecule has 0 saturated carbocycles. The Morgan fingerprint density at radius 3 is 2.82 bits per heavy atom. The Kier molecular flexibility index (Phi) is 5.22. The van der Waals surface area contributed by atoms with Crippen LogP contribution in [0.1, 0.15) is 18.9 Å². The van der Waals surface area contributed by atoms with Crippen molar-refractivity contribution in [3.63, 3.8) is 0 Å². The van der Waals surface area contributed by atoms with Crippen LogP contribution in [0.2, 0.25) is 5.02 Å². The summed E-state index contributed by atoms with van der Waals surface area (Å²) in [5, 5.41) is 9.70.